The summed E-state index contributed by atoms with van der Waals surface area (Å²) in [6, 6.07) is 12.6. The monoisotopic (exact) mass is 493 g/mol. The Morgan fingerprint density at radius 3 is 2.29 bits per heavy atom. The molecule has 188 valence electrons. The molecule has 4 nitrogen and oxygen atoms in total. The third kappa shape index (κ3) is 10.2. The molecule has 5 heteroatoms. The molecule has 2 rings (SSSR count). The minimum atomic E-state index is -0.698. The predicted molar refractivity (Wildman–Crippen MR) is 150 cm³/mol. The van der Waals surface area contributed by atoms with Crippen LogP contribution in [-0.2, 0) is 9.53 Å². The van der Waals surface area contributed by atoms with E-state index in [4.69, 9.17) is 4.74 Å². The van der Waals surface area contributed by atoms with Gasteiger partial charge in [0.05, 0.1) is 7.11 Å². The first kappa shape index (κ1) is 28.4. The second kappa shape index (κ2) is 15.3. The topological polar surface area (TPSA) is 55.4 Å². The lowest BCUT2D eigenvalue weighted by Crippen LogP contribution is -2.43. The Labute approximate surface area is 214 Å². The van der Waals surface area contributed by atoms with Crippen molar-refractivity contribution in [3.8, 4) is 0 Å². The number of nitrogens with one attached hydrogen (secondary N) is 1. The molecule has 1 amide bonds. The van der Waals surface area contributed by atoms with E-state index in [9.17, 15) is 9.59 Å². The fourth-order valence-electron chi connectivity index (χ4n) is 3.70. The second-order valence-electron chi connectivity index (χ2n) is 9.07. The zero-order valence-electron chi connectivity index (χ0n) is 21.7. The van der Waals surface area contributed by atoms with E-state index in [0.717, 1.165) is 42.2 Å². The zero-order chi connectivity index (χ0) is 25.6. The standard InChI is InChI=1S/C30H39NO3S/c1-22(2)11-8-12-23(3)13-9-14-24(4)19-20-35-21-28(30(33)34-5)31-29(32)27-18-10-16-25-15-6-7-17-26(25)27/h6-7,10-11,13,15-19,28H,8-9,12,14,20-21H2,1-5H3,(H,31,32)/b23-13+,24-19+/t28-/m0/s1. The van der Waals surface area contributed by atoms with Crippen molar-refractivity contribution in [1.29, 1.82) is 0 Å². The highest BCUT2D eigenvalue weighted by atomic mass is 32.2. The Hall–Kier alpha value is -2.79. The average molecular weight is 494 g/mol. The fraction of sp³-hybridized carbons (Fsp3) is 0.400. The fourth-order valence-corrected chi connectivity index (χ4v) is 4.69. The highest BCUT2D eigenvalue weighted by Gasteiger charge is 2.22. The Balaban J connectivity index is 1.85. The summed E-state index contributed by atoms with van der Waals surface area (Å²) in [5.41, 5.74) is 4.70. The number of amides is 1. The molecule has 0 aliphatic rings. The van der Waals surface area contributed by atoms with Gasteiger partial charge >= 0.3 is 5.97 Å². The van der Waals surface area contributed by atoms with Gasteiger partial charge in [-0.15, -0.1) is 0 Å². The lowest BCUT2D eigenvalue weighted by molar-refractivity contribution is -0.142. The molecule has 0 aliphatic heterocycles. The molecule has 2 aromatic carbocycles. The normalized spacial score (nSPS) is 12.8. The van der Waals surface area contributed by atoms with Crippen molar-refractivity contribution < 1.29 is 14.3 Å². The van der Waals surface area contributed by atoms with Crippen LogP contribution in [0, 0.1) is 0 Å². The smallest absolute Gasteiger partial charge is 0.329 e. The molecule has 0 heterocycles. The van der Waals surface area contributed by atoms with Crippen molar-refractivity contribution in [1.82, 2.24) is 5.32 Å². The maximum atomic E-state index is 13.0. The van der Waals surface area contributed by atoms with Gasteiger partial charge in [-0.1, -0.05) is 71.3 Å². The van der Waals surface area contributed by atoms with E-state index in [1.54, 1.807) is 17.8 Å². The summed E-state index contributed by atoms with van der Waals surface area (Å²) in [6.07, 6.45) is 11.1. The SMILES string of the molecule is COC(=O)[C@H](CSC/C=C(\C)CC/C=C(\C)CCC=C(C)C)NC(=O)c1cccc2ccccc12. The van der Waals surface area contributed by atoms with Crippen molar-refractivity contribution in [2.45, 2.75) is 59.4 Å². The molecular weight excluding hydrogens is 454 g/mol. The first-order valence-corrected chi connectivity index (χ1v) is 13.4. The quantitative estimate of drug-likeness (QED) is 0.181. The van der Waals surface area contributed by atoms with Crippen LogP contribution >= 0.6 is 11.8 Å². The maximum Gasteiger partial charge on any atom is 0.329 e. The van der Waals surface area contributed by atoms with Gasteiger partial charge in [0.25, 0.3) is 5.91 Å². The molecule has 0 saturated carbocycles. The molecule has 0 saturated heterocycles. The summed E-state index contributed by atoms with van der Waals surface area (Å²) in [5.74, 6) is 0.542. The zero-order valence-corrected chi connectivity index (χ0v) is 22.5. The van der Waals surface area contributed by atoms with Crippen LogP contribution in [-0.4, -0.2) is 36.5 Å². The molecule has 0 spiro atoms. The average Bonchev–Trinajstić information content (AvgIpc) is 2.84. The number of allylic oxidation sites excluding steroid dienone is 5. The van der Waals surface area contributed by atoms with E-state index >= 15 is 0 Å². The minimum absolute atomic E-state index is 0.267. The van der Waals surface area contributed by atoms with E-state index in [-0.39, 0.29) is 5.91 Å². The summed E-state index contributed by atoms with van der Waals surface area (Å²) in [4.78, 5) is 25.3. The van der Waals surface area contributed by atoms with Crippen molar-refractivity contribution in [3.05, 3.63) is 83.0 Å². The van der Waals surface area contributed by atoms with Crippen molar-refractivity contribution in [2.24, 2.45) is 0 Å². The number of thioether (sulfide) groups is 1. The van der Waals surface area contributed by atoms with Crippen LogP contribution in [0.15, 0.2) is 77.4 Å². The molecule has 0 bridgehead atoms. The van der Waals surface area contributed by atoms with Gasteiger partial charge in [0.1, 0.15) is 6.04 Å². The number of fused-ring (bicyclic) bond motifs is 1. The minimum Gasteiger partial charge on any atom is -0.467 e. The highest BCUT2D eigenvalue weighted by molar-refractivity contribution is 7.99. The lowest BCUT2D eigenvalue weighted by atomic mass is 10.0. The third-order valence-electron chi connectivity index (χ3n) is 5.78. The number of hydrogen-bond acceptors (Lipinski definition) is 4. The van der Waals surface area contributed by atoms with Gasteiger partial charge in [-0.25, -0.2) is 4.79 Å². The summed E-state index contributed by atoms with van der Waals surface area (Å²) < 4.78 is 4.94. The molecule has 0 radical (unpaired) electrons. The lowest BCUT2D eigenvalue weighted by Gasteiger charge is -2.17. The number of methoxy groups -OCH3 is 1. The van der Waals surface area contributed by atoms with Crippen LogP contribution < -0.4 is 5.32 Å². The number of ether oxygens (including phenoxy) is 1. The van der Waals surface area contributed by atoms with Crippen LogP contribution in [0.4, 0.5) is 0 Å². The Bertz CT molecular complexity index is 1070. The Morgan fingerprint density at radius 2 is 1.57 bits per heavy atom. The molecule has 0 aromatic heterocycles. The number of carbonyl (C=O) groups excluding carboxylic acids is 2. The van der Waals surface area contributed by atoms with Gasteiger partial charge < -0.3 is 10.1 Å². The summed E-state index contributed by atoms with van der Waals surface area (Å²) in [5, 5.41) is 4.72. The van der Waals surface area contributed by atoms with Crippen LogP contribution in [0.2, 0.25) is 0 Å². The van der Waals surface area contributed by atoms with Gasteiger partial charge in [0.15, 0.2) is 0 Å². The third-order valence-corrected chi connectivity index (χ3v) is 6.75. The van der Waals surface area contributed by atoms with Crippen molar-refractivity contribution >= 4 is 34.4 Å². The van der Waals surface area contributed by atoms with E-state index in [1.165, 1.54) is 23.8 Å². The second-order valence-corrected chi connectivity index (χ2v) is 10.1. The largest absolute Gasteiger partial charge is 0.467 e. The first-order chi connectivity index (χ1) is 16.8. The number of carbonyl (C=O) groups is 2. The number of hydrogen-bond donors (Lipinski definition) is 1. The van der Waals surface area contributed by atoms with Crippen LogP contribution in [0.5, 0.6) is 0 Å². The van der Waals surface area contributed by atoms with Gasteiger partial charge in [-0.05, 0) is 70.2 Å². The summed E-state index contributed by atoms with van der Waals surface area (Å²) in [6.45, 7) is 8.62. The number of rotatable bonds is 13. The Morgan fingerprint density at radius 1 is 0.914 bits per heavy atom. The number of benzene rings is 2. The molecule has 0 unspecified atom stereocenters. The van der Waals surface area contributed by atoms with Gasteiger partial charge in [-0.3, -0.25) is 4.79 Å². The van der Waals surface area contributed by atoms with E-state index in [0.29, 0.717) is 11.3 Å². The molecule has 1 N–H and O–H groups in total. The molecule has 0 aliphatic carbocycles. The molecule has 2 aromatic rings. The van der Waals surface area contributed by atoms with Crippen molar-refractivity contribution in [2.75, 3.05) is 18.6 Å². The van der Waals surface area contributed by atoms with Crippen LogP contribution in [0.3, 0.4) is 0 Å². The first-order valence-electron chi connectivity index (χ1n) is 12.2. The highest BCUT2D eigenvalue weighted by Crippen LogP contribution is 2.19. The van der Waals surface area contributed by atoms with E-state index in [2.05, 4.69) is 51.2 Å². The van der Waals surface area contributed by atoms with Crippen molar-refractivity contribution in [3.63, 3.8) is 0 Å². The molecule has 0 fully saturated rings. The summed E-state index contributed by atoms with van der Waals surface area (Å²) in [7, 11) is 1.35. The summed E-state index contributed by atoms with van der Waals surface area (Å²) >= 11 is 1.61. The van der Waals surface area contributed by atoms with Gasteiger partial charge in [0, 0.05) is 17.1 Å². The maximum absolute atomic E-state index is 13.0. The van der Waals surface area contributed by atoms with E-state index in [1.807, 2.05) is 36.4 Å². The molecule has 35 heavy (non-hydrogen) atoms. The van der Waals surface area contributed by atoms with E-state index < -0.39 is 12.0 Å². The predicted octanol–water partition coefficient (Wildman–Crippen LogP) is 7.26. The van der Waals surface area contributed by atoms with Gasteiger partial charge in [-0.2, -0.15) is 11.8 Å². The van der Waals surface area contributed by atoms with Crippen LogP contribution in [0.25, 0.3) is 10.8 Å². The number of esters is 1. The Kier molecular flexibility index (Phi) is 12.4. The molecule has 1 atom stereocenters. The van der Waals surface area contributed by atoms with Crippen LogP contribution in [0.1, 0.15) is 63.7 Å². The van der Waals surface area contributed by atoms with Gasteiger partial charge in [0.2, 0.25) is 0 Å². The molecular formula is C30H39NO3S.